The summed E-state index contributed by atoms with van der Waals surface area (Å²) in [6, 6.07) is 10.3. The summed E-state index contributed by atoms with van der Waals surface area (Å²) in [5.41, 5.74) is 5.67. The monoisotopic (exact) mass is 252 g/mol. The minimum atomic E-state index is 0.115. The summed E-state index contributed by atoms with van der Waals surface area (Å²) >= 11 is 0. The van der Waals surface area contributed by atoms with Gasteiger partial charge in [-0.3, -0.25) is 9.78 Å². The van der Waals surface area contributed by atoms with Crippen molar-refractivity contribution in [3.05, 3.63) is 47.8 Å². The van der Waals surface area contributed by atoms with E-state index in [0.29, 0.717) is 0 Å². The van der Waals surface area contributed by atoms with E-state index in [1.807, 2.05) is 30.2 Å². The van der Waals surface area contributed by atoms with E-state index in [1.165, 1.54) is 11.1 Å². The average molecular weight is 252 g/mol. The van der Waals surface area contributed by atoms with E-state index in [-0.39, 0.29) is 5.91 Å². The van der Waals surface area contributed by atoms with Crippen LogP contribution in [-0.2, 0) is 11.2 Å². The van der Waals surface area contributed by atoms with Gasteiger partial charge < -0.3 is 4.90 Å². The Hall–Kier alpha value is -2.16. The van der Waals surface area contributed by atoms with Crippen LogP contribution in [0, 0.1) is 6.92 Å². The number of benzene rings is 1. The van der Waals surface area contributed by atoms with E-state index in [0.717, 1.165) is 29.9 Å². The van der Waals surface area contributed by atoms with Crippen LogP contribution in [-0.4, -0.2) is 17.4 Å². The molecule has 2 aromatic rings. The van der Waals surface area contributed by atoms with Gasteiger partial charge in [0.1, 0.15) is 0 Å². The first kappa shape index (κ1) is 11.9. The molecule has 0 atom stereocenters. The van der Waals surface area contributed by atoms with Crippen LogP contribution in [0.3, 0.4) is 0 Å². The highest BCUT2D eigenvalue weighted by molar-refractivity contribution is 5.94. The van der Waals surface area contributed by atoms with Gasteiger partial charge in [0, 0.05) is 36.6 Å². The first-order valence-corrected chi connectivity index (χ1v) is 6.50. The third-order valence-corrected chi connectivity index (χ3v) is 3.67. The Morgan fingerprint density at radius 1 is 1.32 bits per heavy atom. The second kappa shape index (κ2) is 4.50. The van der Waals surface area contributed by atoms with Crippen molar-refractivity contribution in [1.29, 1.82) is 0 Å². The van der Waals surface area contributed by atoms with E-state index in [4.69, 9.17) is 0 Å². The molecule has 0 radical (unpaired) electrons. The molecule has 0 spiro atoms. The van der Waals surface area contributed by atoms with Gasteiger partial charge in [-0.15, -0.1) is 0 Å². The minimum Gasteiger partial charge on any atom is -0.312 e. The van der Waals surface area contributed by atoms with E-state index in [9.17, 15) is 4.79 Å². The van der Waals surface area contributed by atoms with Crippen molar-refractivity contribution in [2.75, 3.05) is 11.4 Å². The van der Waals surface area contributed by atoms with Crippen LogP contribution in [0.25, 0.3) is 11.1 Å². The molecular formula is C16H16N2O. The lowest BCUT2D eigenvalue weighted by Crippen LogP contribution is -2.25. The Bertz CT molecular complexity index is 649. The molecule has 96 valence electrons. The quantitative estimate of drug-likeness (QED) is 0.781. The van der Waals surface area contributed by atoms with Crippen molar-refractivity contribution in [3.8, 4) is 11.1 Å². The van der Waals surface area contributed by atoms with E-state index < -0.39 is 0 Å². The number of fused-ring (bicyclic) bond motifs is 1. The third kappa shape index (κ3) is 2.01. The summed E-state index contributed by atoms with van der Waals surface area (Å²) in [7, 11) is 0. The summed E-state index contributed by atoms with van der Waals surface area (Å²) in [6.45, 7) is 4.43. The zero-order chi connectivity index (χ0) is 13.4. The largest absolute Gasteiger partial charge is 0.312 e. The van der Waals surface area contributed by atoms with E-state index in [1.54, 1.807) is 6.92 Å². The number of pyridine rings is 1. The summed E-state index contributed by atoms with van der Waals surface area (Å²) in [5.74, 6) is 0.115. The van der Waals surface area contributed by atoms with Gasteiger partial charge in [-0.1, -0.05) is 12.1 Å². The zero-order valence-corrected chi connectivity index (χ0v) is 11.2. The number of amides is 1. The van der Waals surface area contributed by atoms with Crippen molar-refractivity contribution in [3.63, 3.8) is 0 Å². The molecule has 2 heterocycles. The molecule has 3 heteroatoms. The van der Waals surface area contributed by atoms with Gasteiger partial charge in [0.15, 0.2) is 0 Å². The third-order valence-electron chi connectivity index (χ3n) is 3.67. The van der Waals surface area contributed by atoms with Crippen LogP contribution < -0.4 is 4.90 Å². The predicted octanol–water partition coefficient (Wildman–Crippen LogP) is 2.97. The molecule has 3 rings (SSSR count). The average Bonchev–Trinajstić information content (AvgIpc) is 2.82. The van der Waals surface area contributed by atoms with Crippen molar-refractivity contribution >= 4 is 11.6 Å². The van der Waals surface area contributed by atoms with Crippen LogP contribution in [0.4, 0.5) is 5.69 Å². The minimum absolute atomic E-state index is 0.115. The maximum atomic E-state index is 11.5. The summed E-state index contributed by atoms with van der Waals surface area (Å²) in [5, 5.41) is 0. The summed E-state index contributed by atoms with van der Waals surface area (Å²) in [4.78, 5) is 17.7. The molecule has 0 fully saturated rings. The number of hydrogen-bond acceptors (Lipinski definition) is 2. The molecule has 0 N–H and O–H groups in total. The molecule has 0 unspecified atom stereocenters. The normalized spacial score (nSPS) is 13.5. The number of rotatable bonds is 1. The Labute approximate surface area is 112 Å². The Kier molecular flexibility index (Phi) is 2.82. The Morgan fingerprint density at radius 3 is 2.89 bits per heavy atom. The van der Waals surface area contributed by atoms with E-state index >= 15 is 0 Å². The highest BCUT2D eigenvalue weighted by Crippen LogP contribution is 2.32. The van der Waals surface area contributed by atoms with Crippen molar-refractivity contribution in [2.24, 2.45) is 0 Å². The van der Waals surface area contributed by atoms with Crippen LogP contribution in [0.2, 0.25) is 0 Å². The molecule has 1 amide bonds. The van der Waals surface area contributed by atoms with Gasteiger partial charge >= 0.3 is 0 Å². The standard InChI is InChI=1S/C16H16N2O/c1-11-15(4-3-8-17-11)13-5-6-16-14(10-13)7-9-18(16)12(2)19/h3-6,8,10H,7,9H2,1-2H3. The SMILES string of the molecule is CC(=O)N1CCc2cc(-c3cccnc3C)ccc21. The molecule has 1 aromatic carbocycles. The van der Waals surface area contributed by atoms with Gasteiger partial charge in [0.25, 0.3) is 0 Å². The molecule has 0 saturated heterocycles. The first-order valence-electron chi connectivity index (χ1n) is 6.50. The lowest BCUT2D eigenvalue weighted by atomic mass is 10.0. The van der Waals surface area contributed by atoms with Crippen LogP contribution >= 0.6 is 0 Å². The lowest BCUT2D eigenvalue weighted by molar-refractivity contribution is -0.116. The molecule has 1 aromatic heterocycles. The lowest BCUT2D eigenvalue weighted by Gasteiger charge is -2.15. The summed E-state index contributed by atoms with van der Waals surface area (Å²) < 4.78 is 0. The maximum Gasteiger partial charge on any atom is 0.223 e. The molecule has 0 bridgehead atoms. The molecule has 0 aliphatic carbocycles. The van der Waals surface area contributed by atoms with Crippen LogP contribution in [0.1, 0.15) is 18.2 Å². The molecule has 1 aliphatic rings. The number of aromatic nitrogens is 1. The fourth-order valence-corrected chi connectivity index (χ4v) is 2.69. The smallest absolute Gasteiger partial charge is 0.223 e. The maximum absolute atomic E-state index is 11.5. The number of carbonyl (C=O) groups is 1. The molecule has 3 nitrogen and oxygen atoms in total. The topological polar surface area (TPSA) is 33.2 Å². The van der Waals surface area contributed by atoms with Crippen molar-refractivity contribution in [2.45, 2.75) is 20.3 Å². The van der Waals surface area contributed by atoms with Crippen LogP contribution in [0.5, 0.6) is 0 Å². The predicted molar refractivity (Wildman–Crippen MR) is 76.1 cm³/mol. The fourth-order valence-electron chi connectivity index (χ4n) is 2.69. The molecule has 19 heavy (non-hydrogen) atoms. The number of hydrogen-bond donors (Lipinski definition) is 0. The molecule has 0 saturated carbocycles. The van der Waals surface area contributed by atoms with E-state index in [2.05, 4.69) is 23.2 Å². The summed E-state index contributed by atoms with van der Waals surface area (Å²) in [6.07, 6.45) is 2.74. The van der Waals surface area contributed by atoms with Crippen molar-refractivity contribution in [1.82, 2.24) is 4.98 Å². The first-order chi connectivity index (χ1) is 9.16. The highest BCUT2D eigenvalue weighted by Gasteiger charge is 2.22. The number of aryl methyl sites for hydroxylation is 1. The van der Waals surface area contributed by atoms with Gasteiger partial charge in [-0.2, -0.15) is 0 Å². The van der Waals surface area contributed by atoms with Gasteiger partial charge in [-0.05, 0) is 42.7 Å². The number of anilines is 1. The van der Waals surface area contributed by atoms with Gasteiger partial charge in [-0.25, -0.2) is 0 Å². The van der Waals surface area contributed by atoms with Crippen molar-refractivity contribution < 1.29 is 4.79 Å². The zero-order valence-electron chi connectivity index (χ0n) is 11.2. The number of nitrogens with zero attached hydrogens (tertiary/aromatic N) is 2. The fraction of sp³-hybridized carbons (Fsp3) is 0.250. The second-order valence-electron chi connectivity index (χ2n) is 4.90. The molecular weight excluding hydrogens is 236 g/mol. The van der Waals surface area contributed by atoms with Crippen LogP contribution in [0.15, 0.2) is 36.5 Å². The Balaban J connectivity index is 2.05. The number of carbonyl (C=O) groups excluding carboxylic acids is 1. The van der Waals surface area contributed by atoms with Gasteiger partial charge in [0.2, 0.25) is 5.91 Å². The second-order valence-corrected chi connectivity index (χ2v) is 4.90. The Morgan fingerprint density at radius 2 is 2.16 bits per heavy atom. The molecule has 1 aliphatic heterocycles. The highest BCUT2D eigenvalue weighted by atomic mass is 16.2. The van der Waals surface area contributed by atoms with Gasteiger partial charge in [0.05, 0.1) is 0 Å².